The molecule has 0 radical (unpaired) electrons. The maximum absolute atomic E-state index is 13.0. The number of nitrogens with zero attached hydrogens (tertiary/aromatic N) is 2. The Labute approximate surface area is 177 Å². The van der Waals surface area contributed by atoms with E-state index in [2.05, 4.69) is 10.3 Å². The lowest BCUT2D eigenvalue weighted by Crippen LogP contribution is -2.33. The van der Waals surface area contributed by atoms with Gasteiger partial charge in [-0.3, -0.25) is 9.59 Å². The monoisotopic (exact) mass is 423 g/mol. The third-order valence-electron chi connectivity index (χ3n) is 5.10. The lowest BCUT2D eigenvalue weighted by Gasteiger charge is -2.28. The molecule has 0 fully saturated rings. The van der Waals surface area contributed by atoms with E-state index in [-0.39, 0.29) is 23.6 Å². The van der Waals surface area contributed by atoms with Crippen LogP contribution in [0.5, 0.6) is 11.5 Å². The molecule has 0 bridgehead atoms. The van der Waals surface area contributed by atoms with Gasteiger partial charge in [0, 0.05) is 36.8 Å². The molecule has 2 heterocycles. The van der Waals surface area contributed by atoms with E-state index in [9.17, 15) is 14.7 Å². The van der Waals surface area contributed by atoms with E-state index in [1.165, 1.54) is 31.0 Å². The molecule has 1 aromatic heterocycles. The summed E-state index contributed by atoms with van der Waals surface area (Å²) in [7, 11) is 3.27. The van der Waals surface area contributed by atoms with Crippen LogP contribution in [0.1, 0.15) is 29.0 Å². The number of benzene rings is 2. The summed E-state index contributed by atoms with van der Waals surface area (Å²) in [6.07, 6.45) is 0.0988. The molecule has 1 atom stereocenters. The molecule has 3 aromatic rings. The lowest BCUT2D eigenvalue weighted by atomic mass is 9.86. The van der Waals surface area contributed by atoms with E-state index in [1.807, 2.05) is 30.3 Å². The van der Waals surface area contributed by atoms with Gasteiger partial charge in [0.1, 0.15) is 17.3 Å². The smallest absolute Gasteiger partial charge is 0.279 e. The zero-order valence-electron chi connectivity index (χ0n) is 16.6. The van der Waals surface area contributed by atoms with E-state index in [1.54, 1.807) is 17.7 Å². The number of aromatic hydroxyl groups is 1. The molecule has 0 spiro atoms. The molecule has 0 saturated heterocycles. The second-order valence-corrected chi connectivity index (χ2v) is 7.97. The Morgan fingerprint density at radius 3 is 2.73 bits per heavy atom. The molecule has 30 heavy (non-hydrogen) atoms. The van der Waals surface area contributed by atoms with Crippen molar-refractivity contribution in [3.8, 4) is 11.5 Å². The van der Waals surface area contributed by atoms with Crippen molar-refractivity contribution in [2.24, 2.45) is 7.05 Å². The number of ether oxygens (including phenoxy) is 1. The van der Waals surface area contributed by atoms with Gasteiger partial charge in [0.15, 0.2) is 5.16 Å². The van der Waals surface area contributed by atoms with Crippen molar-refractivity contribution in [1.29, 1.82) is 0 Å². The molecule has 1 amide bonds. The van der Waals surface area contributed by atoms with E-state index in [0.29, 0.717) is 33.6 Å². The summed E-state index contributed by atoms with van der Waals surface area (Å²) in [6.45, 7) is 0. The van der Waals surface area contributed by atoms with Crippen molar-refractivity contribution >= 4 is 23.5 Å². The highest BCUT2D eigenvalue weighted by Crippen LogP contribution is 2.40. The first-order valence-electron chi connectivity index (χ1n) is 9.42. The lowest BCUT2D eigenvalue weighted by molar-refractivity contribution is -0.116. The van der Waals surface area contributed by atoms with Gasteiger partial charge >= 0.3 is 0 Å². The van der Waals surface area contributed by atoms with Crippen molar-refractivity contribution in [1.82, 2.24) is 9.55 Å². The molecule has 0 saturated carbocycles. The van der Waals surface area contributed by atoms with Gasteiger partial charge in [0.25, 0.3) is 5.56 Å². The summed E-state index contributed by atoms with van der Waals surface area (Å²) < 4.78 is 7.14. The van der Waals surface area contributed by atoms with Crippen LogP contribution in [0.2, 0.25) is 0 Å². The summed E-state index contributed by atoms with van der Waals surface area (Å²) in [5.41, 5.74) is 1.82. The number of rotatable bonds is 5. The number of thioether (sulfide) groups is 1. The first-order valence-corrected chi connectivity index (χ1v) is 10.4. The van der Waals surface area contributed by atoms with Crippen LogP contribution in [0, 0.1) is 0 Å². The van der Waals surface area contributed by atoms with Gasteiger partial charge in [-0.05, 0) is 11.6 Å². The van der Waals surface area contributed by atoms with Crippen LogP contribution in [-0.2, 0) is 17.6 Å². The van der Waals surface area contributed by atoms with Crippen molar-refractivity contribution in [3.63, 3.8) is 0 Å². The Hall–Kier alpha value is -3.26. The fourth-order valence-electron chi connectivity index (χ4n) is 3.64. The summed E-state index contributed by atoms with van der Waals surface area (Å²) in [5, 5.41) is 13.1. The number of methoxy groups -OCH3 is 1. The highest BCUT2D eigenvalue weighted by Gasteiger charge is 2.33. The molecule has 7 nitrogen and oxygen atoms in total. The average molecular weight is 423 g/mol. The second kappa shape index (κ2) is 8.23. The maximum Gasteiger partial charge on any atom is 0.279 e. The highest BCUT2D eigenvalue weighted by molar-refractivity contribution is 7.98. The maximum atomic E-state index is 13.0. The number of anilines is 1. The van der Waals surface area contributed by atoms with E-state index < -0.39 is 5.92 Å². The molecule has 1 aliphatic heterocycles. The number of aromatic nitrogens is 2. The molecule has 2 N–H and O–H groups in total. The Kier molecular flexibility index (Phi) is 5.50. The normalized spacial score (nSPS) is 15.4. The van der Waals surface area contributed by atoms with E-state index in [0.717, 1.165) is 5.56 Å². The number of phenols is 1. The average Bonchev–Trinajstić information content (AvgIpc) is 2.75. The summed E-state index contributed by atoms with van der Waals surface area (Å²) >= 11 is 1.44. The van der Waals surface area contributed by atoms with Crippen molar-refractivity contribution in [2.75, 3.05) is 12.4 Å². The predicted octanol–water partition coefficient (Wildman–Crippen LogP) is 3.26. The molecule has 1 aliphatic rings. The zero-order chi connectivity index (χ0) is 21.3. The Balaban J connectivity index is 1.76. The van der Waals surface area contributed by atoms with Crippen LogP contribution in [0.15, 0.2) is 58.5 Å². The van der Waals surface area contributed by atoms with Crippen LogP contribution >= 0.6 is 11.8 Å². The number of hydrogen-bond acceptors (Lipinski definition) is 6. The summed E-state index contributed by atoms with van der Waals surface area (Å²) in [4.78, 5) is 29.8. The SMILES string of the molecule is COc1cc(O)ccc1[C@@H]1CC(=O)Nc2c1c(=O)nc(SCc1ccccc1)n2C. The van der Waals surface area contributed by atoms with Crippen molar-refractivity contribution in [2.45, 2.75) is 23.2 Å². The van der Waals surface area contributed by atoms with E-state index in [4.69, 9.17) is 4.74 Å². The number of carbonyl (C=O) groups excluding carboxylic acids is 1. The number of amides is 1. The molecule has 154 valence electrons. The van der Waals surface area contributed by atoms with Crippen LogP contribution < -0.4 is 15.6 Å². The molecular weight excluding hydrogens is 402 g/mol. The molecule has 8 heteroatoms. The fourth-order valence-corrected chi connectivity index (χ4v) is 4.56. The quantitative estimate of drug-likeness (QED) is 0.483. The highest BCUT2D eigenvalue weighted by atomic mass is 32.2. The second-order valence-electron chi connectivity index (χ2n) is 7.03. The number of fused-ring (bicyclic) bond motifs is 1. The van der Waals surface area contributed by atoms with Gasteiger partial charge in [0.05, 0.1) is 12.7 Å². The predicted molar refractivity (Wildman–Crippen MR) is 115 cm³/mol. The third-order valence-corrected chi connectivity index (χ3v) is 6.21. The van der Waals surface area contributed by atoms with Crippen LogP contribution in [0.25, 0.3) is 0 Å². The third kappa shape index (κ3) is 3.78. The number of carbonyl (C=O) groups is 1. The summed E-state index contributed by atoms with van der Waals surface area (Å²) in [5.74, 6) is 0.872. The Bertz CT molecular complexity index is 1160. The van der Waals surface area contributed by atoms with Crippen LogP contribution in [0.3, 0.4) is 0 Å². The largest absolute Gasteiger partial charge is 0.508 e. The fraction of sp³-hybridized carbons (Fsp3) is 0.227. The van der Waals surface area contributed by atoms with Crippen LogP contribution in [0.4, 0.5) is 5.82 Å². The molecule has 2 aromatic carbocycles. The van der Waals surface area contributed by atoms with Gasteiger partial charge in [-0.15, -0.1) is 0 Å². The van der Waals surface area contributed by atoms with Gasteiger partial charge in [-0.2, -0.15) is 4.98 Å². The Morgan fingerprint density at radius 1 is 1.23 bits per heavy atom. The van der Waals surface area contributed by atoms with Gasteiger partial charge in [-0.1, -0.05) is 48.2 Å². The molecule has 0 aliphatic carbocycles. The number of nitrogens with one attached hydrogen (secondary N) is 1. The Morgan fingerprint density at radius 2 is 2.00 bits per heavy atom. The van der Waals surface area contributed by atoms with Crippen LogP contribution in [-0.4, -0.2) is 27.7 Å². The van der Waals surface area contributed by atoms with Gasteiger partial charge < -0.3 is 19.7 Å². The molecule has 0 unspecified atom stereocenters. The summed E-state index contributed by atoms with van der Waals surface area (Å²) in [6, 6.07) is 14.6. The van der Waals surface area contributed by atoms with E-state index >= 15 is 0 Å². The topological polar surface area (TPSA) is 93.4 Å². The van der Waals surface area contributed by atoms with Gasteiger partial charge in [0.2, 0.25) is 5.91 Å². The number of hydrogen-bond donors (Lipinski definition) is 2. The minimum atomic E-state index is -0.510. The minimum Gasteiger partial charge on any atom is -0.508 e. The molecule has 4 rings (SSSR count). The van der Waals surface area contributed by atoms with Gasteiger partial charge in [-0.25, -0.2) is 0 Å². The van der Waals surface area contributed by atoms with Crippen molar-refractivity contribution in [3.05, 3.63) is 75.6 Å². The number of phenolic OH excluding ortho intramolecular Hbond substituents is 1. The first kappa shape index (κ1) is 20.0. The minimum absolute atomic E-state index is 0.0507. The first-order chi connectivity index (χ1) is 14.5. The zero-order valence-corrected chi connectivity index (χ0v) is 17.4. The molecular formula is C22H21N3O4S. The van der Waals surface area contributed by atoms with Crippen molar-refractivity contribution < 1.29 is 14.6 Å². The standard InChI is InChI=1S/C22H21N3O4S/c1-25-20-19(21(28)24-22(25)30-12-13-6-4-3-5-7-13)16(11-18(27)23-20)15-9-8-14(26)10-17(15)29-2/h3-10,16,26H,11-12H2,1-2H3,(H,23,27)/t16-/m0/s1.